The molecular formula is C12H20O3. The fourth-order valence-corrected chi connectivity index (χ4v) is 1.78. The van der Waals surface area contributed by atoms with Crippen LogP contribution in [0.5, 0.6) is 0 Å². The Labute approximate surface area is 91.7 Å². The highest BCUT2D eigenvalue weighted by Crippen LogP contribution is 2.30. The van der Waals surface area contributed by atoms with E-state index in [9.17, 15) is 0 Å². The third-order valence-electron chi connectivity index (χ3n) is 2.68. The summed E-state index contributed by atoms with van der Waals surface area (Å²) in [6.45, 7) is 2.08. The summed E-state index contributed by atoms with van der Waals surface area (Å²) in [5.74, 6) is 1.38. The molecule has 0 N–H and O–H groups in total. The standard InChI is InChI=1S/C12H20O3/c1-10-11(12(14-3)9-15-10)7-5-4-6-8-13-2/h6,8-11H,4-5,7H2,1-3H3/t10-,11+/m0/s1. The number of hydrogen-bond donors (Lipinski definition) is 0. The van der Waals surface area contributed by atoms with Gasteiger partial charge in [-0.2, -0.15) is 0 Å². The van der Waals surface area contributed by atoms with Crippen LogP contribution in [0, 0.1) is 5.92 Å². The van der Waals surface area contributed by atoms with Gasteiger partial charge in [-0.25, -0.2) is 0 Å². The third kappa shape index (κ3) is 3.50. The highest BCUT2D eigenvalue weighted by atomic mass is 16.5. The molecule has 0 radical (unpaired) electrons. The minimum absolute atomic E-state index is 0.242. The van der Waals surface area contributed by atoms with E-state index in [0.717, 1.165) is 25.0 Å². The number of rotatable bonds is 6. The number of ether oxygens (including phenoxy) is 3. The van der Waals surface area contributed by atoms with E-state index in [2.05, 4.69) is 6.92 Å². The van der Waals surface area contributed by atoms with E-state index in [4.69, 9.17) is 14.2 Å². The van der Waals surface area contributed by atoms with Crippen LogP contribution in [0.2, 0.25) is 0 Å². The van der Waals surface area contributed by atoms with Crippen LogP contribution in [0.15, 0.2) is 24.4 Å². The first-order valence-electron chi connectivity index (χ1n) is 5.37. The Morgan fingerprint density at radius 2 is 2.27 bits per heavy atom. The van der Waals surface area contributed by atoms with Crippen molar-refractivity contribution in [3.8, 4) is 0 Å². The summed E-state index contributed by atoms with van der Waals surface area (Å²) in [7, 11) is 3.36. The van der Waals surface area contributed by atoms with E-state index >= 15 is 0 Å². The Morgan fingerprint density at radius 3 is 2.93 bits per heavy atom. The van der Waals surface area contributed by atoms with Crippen LogP contribution in [-0.4, -0.2) is 20.3 Å². The van der Waals surface area contributed by atoms with E-state index in [1.807, 2.05) is 6.08 Å². The molecule has 0 saturated heterocycles. The molecule has 15 heavy (non-hydrogen) atoms. The second-order valence-corrected chi connectivity index (χ2v) is 3.71. The van der Waals surface area contributed by atoms with Gasteiger partial charge in [0.25, 0.3) is 0 Å². The molecule has 0 unspecified atom stereocenters. The molecule has 0 bridgehead atoms. The Morgan fingerprint density at radius 1 is 1.47 bits per heavy atom. The van der Waals surface area contributed by atoms with Crippen LogP contribution >= 0.6 is 0 Å². The predicted molar refractivity (Wildman–Crippen MR) is 59.1 cm³/mol. The van der Waals surface area contributed by atoms with Crippen molar-refractivity contribution in [2.75, 3.05) is 14.2 Å². The van der Waals surface area contributed by atoms with Crippen LogP contribution in [-0.2, 0) is 14.2 Å². The Hall–Kier alpha value is -1.12. The minimum Gasteiger partial charge on any atom is -0.505 e. The van der Waals surface area contributed by atoms with Crippen LogP contribution in [0.3, 0.4) is 0 Å². The molecule has 0 aliphatic carbocycles. The molecule has 1 rings (SSSR count). The van der Waals surface area contributed by atoms with Gasteiger partial charge >= 0.3 is 0 Å². The zero-order valence-corrected chi connectivity index (χ0v) is 9.73. The van der Waals surface area contributed by atoms with E-state index < -0.39 is 0 Å². The first-order valence-corrected chi connectivity index (χ1v) is 5.37. The van der Waals surface area contributed by atoms with E-state index in [1.165, 1.54) is 0 Å². The molecule has 0 aromatic heterocycles. The lowest BCUT2D eigenvalue weighted by molar-refractivity contribution is 0.136. The lowest BCUT2D eigenvalue weighted by Crippen LogP contribution is -2.15. The van der Waals surface area contributed by atoms with Crippen LogP contribution in [0.4, 0.5) is 0 Å². The lowest BCUT2D eigenvalue weighted by atomic mass is 9.96. The molecule has 0 aromatic rings. The van der Waals surface area contributed by atoms with Crippen molar-refractivity contribution < 1.29 is 14.2 Å². The normalized spacial score (nSPS) is 25.1. The maximum absolute atomic E-state index is 5.42. The summed E-state index contributed by atoms with van der Waals surface area (Å²) >= 11 is 0. The van der Waals surface area contributed by atoms with Gasteiger partial charge in [0.15, 0.2) is 0 Å². The van der Waals surface area contributed by atoms with Crippen molar-refractivity contribution in [1.82, 2.24) is 0 Å². The number of unbranched alkanes of at least 4 members (excludes halogenated alkanes) is 1. The molecule has 0 fully saturated rings. The summed E-state index contributed by atoms with van der Waals surface area (Å²) in [4.78, 5) is 0. The van der Waals surface area contributed by atoms with Crippen molar-refractivity contribution in [3.05, 3.63) is 24.4 Å². The maximum Gasteiger partial charge on any atom is 0.137 e. The molecule has 1 aliphatic rings. The van der Waals surface area contributed by atoms with Crippen molar-refractivity contribution in [2.45, 2.75) is 32.3 Å². The quantitative estimate of drug-likeness (QED) is 0.500. The molecule has 0 amide bonds. The largest absolute Gasteiger partial charge is 0.505 e. The van der Waals surface area contributed by atoms with Gasteiger partial charge in [-0.3, -0.25) is 0 Å². The first-order chi connectivity index (χ1) is 7.29. The van der Waals surface area contributed by atoms with E-state index in [0.29, 0.717) is 5.92 Å². The van der Waals surface area contributed by atoms with Crippen molar-refractivity contribution in [2.24, 2.45) is 5.92 Å². The zero-order valence-electron chi connectivity index (χ0n) is 9.73. The average Bonchev–Trinajstić information content (AvgIpc) is 2.60. The molecule has 0 aromatic carbocycles. The molecule has 3 nitrogen and oxygen atoms in total. The van der Waals surface area contributed by atoms with Gasteiger partial charge in [0.1, 0.15) is 18.1 Å². The van der Waals surface area contributed by atoms with Crippen LogP contribution in [0.1, 0.15) is 26.2 Å². The maximum atomic E-state index is 5.42. The fraction of sp³-hybridized carbons (Fsp3) is 0.667. The number of hydrogen-bond acceptors (Lipinski definition) is 3. The van der Waals surface area contributed by atoms with Gasteiger partial charge in [0.05, 0.1) is 26.4 Å². The number of allylic oxidation sites excluding steroid dienone is 1. The van der Waals surface area contributed by atoms with Gasteiger partial charge in [0.2, 0.25) is 0 Å². The molecule has 1 heterocycles. The van der Waals surface area contributed by atoms with Crippen molar-refractivity contribution >= 4 is 0 Å². The predicted octanol–water partition coefficient (Wildman–Crippen LogP) is 2.84. The van der Waals surface area contributed by atoms with Gasteiger partial charge in [-0.15, -0.1) is 0 Å². The Kier molecular flexibility index (Phi) is 5.08. The Bertz CT molecular complexity index is 233. The molecule has 1 aliphatic heterocycles. The third-order valence-corrected chi connectivity index (χ3v) is 2.68. The molecule has 86 valence electrons. The average molecular weight is 212 g/mol. The fourth-order valence-electron chi connectivity index (χ4n) is 1.78. The monoisotopic (exact) mass is 212 g/mol. The van der Waals surface area contributed by atoms with Gasteiger partial charge in [-0.05, 0) is 32.3 Å². The van der Waals surface area contributed by atoms with Crippen LogP contribution < -0.4 is 0 Å². The topological polar surface area (TPSA) is 27.7 Å². The summed E-state index contributed by atoms with van der Waals surface area (Å²) in [6, 6.07) is 0. The first kappa shape index (κ1) is 12.0. The summed E-state index contributed by atoms with van der Waals surface area (Å²) in [6.07, 6.45) is 8.99. The second kappa shape index (κ2) is 6.38. The summed E-state index contributed by atoms with van der Waals surface area (Å²) in [5, 5.41) is 0. The van der Waals surface area contributed by atoms with Gasteiger partial charge < -0.3 is 14.2 Å². The highest BCUT2D eigenvalue weighted by Gasteiger charge is 2.28. The summed E-state index contributed by atoms with van der Waals surface area (Å²) < 4.78 is 15.5. The molecule has 3 heteroatoms. The molecule has 0 saturated carbocycles. The van der Waals surface area contributed by atoms with Crippen molar-refractivity contribution in [3.63, 3.8) is 0 Å². The summed E-state index contributed by atoms with van der Waals surface area (Å²) in [5.41, 5.74) is 0. The molecular weight excluding hydrogens is 192 g/mol. The number of methoxy groups -OCH3 is 2. The minimum atomic E-state index is 0.242. The SMILES string of the molecule is COC=CCCC[C@H]1C(OC)=CO[C@H]1C. The van der Waals surface area contributed by atoms with Gasteiger partial charge in [0, 0.05) is 0 Å². The highest BCUT2D eigenvalue weighted by molar-refractivity contribution is 5.03. The van der Waals surface area contributed by atoms with Gasteiger partial charge in [-0.1, -0.05) is 0 Å². The molecule has 2 atom stereocenters. The Balaban J connectivity index is 2.25. The van der Waals surface area contributed by atoms with E-state index in [-0.39, 0.29) is 6.10 Å². The zero-order chi connectivity index (χ0) is 11.1. The van der Waals surface area contributed by atoms with E-state index in [1.54, 1.807) is 26.7 Å². The van der Waals surface area contributed by atoms with Crippen LogP contribution in [0.25, 0.3) is 0 Å². The van der Waals surface area contributed by atoms with Crippen molar-refractivity contribution in [1.29, 1.82) is 0 Å². The second-order valence-electron chi connectivity index (χ2n) is 3.71. The molecule has 0 spiro atoms. The lowest BCUT2D eigenvalue weighted by Gasteiger charge is -2.16. The smallest absolute Gasteiger partial charge is 0.137 e.